The molecule has 0 amide bonds. The highest BCUT2D eigenvalue weighted by Gasteiger charge is 2.36. The van der Waals surface area contributed by atoms with Gasteiger partial charge in [0.2, 0.25) is 0 Å². The summed E-state index contributed by atoms with van der Waals surface area (Å²) in [6.07, 6.45) is 1.44. The first-order valence-corrected chi connectivity index (χ1v) is 10.9. The highest BCUT2D eigenvalue weighted by Crippen LogP contribution is 2.31. The van der Waals surface area contributed by atoms with Gasteiger partial charge >= 0.3 is 0 Å². The van der Waals surface area contributed by atoms with E-state index in [0.29, 0.717) is 5.69 Å². The van der Waals surface area contributed by atoms with Crippen molar-refractivity contribution in [1.29, 1.82) is 0 Å². The molecule has 1 unspecified atom stereocenters. The molecule has 1 heterocycles. The van der Waals surface area contributed by atoms with Gasteiger partial charge < -0.3 is 0 Å². The molecule has 0 aliphatic carbocycles. The van der Waals surface area contributed by atoms with E-state index in [1.807, 2.05) is 19.9 Å². The summed E-state index contributed by atoms with van der Waals surface area (Å²) in [6, 6.07) is 12.7. The minimum Gasteiger partial charge on any atom is -0.258 e. The zero-order valence-corrected chi connectivity index (χ0v) is 15.6. The molecular weight excluding hydrogens is 358 g/mol. The molecule has 7 heteroatoms. The fraction of sp³-hybridized carbons (Fsp3) is 0.222. The largest absolute Gasteiger partial charge is 0.264 e. The van der Waals surface area contributed by atoms with Crippen LogP contribution in [0.1, 0.15) is 11.1 Å². The van der Waals surface area contributed by atoms with Gasteiger partial charge in [0, 0.05) is 5.41 Å². The number of benzene rings is 2. The van der Waals surface area contributed by atoms with E-state index in [-0.39, 0.29) is 10.6 Å². The third kappa shape index (κ3) is 3.62. The quantitative estimate of drug-likeness (QED) is 0.821. The van der Waals surface area contributed by atoms with Gasteiger partial charge in [0.1, 0.15) is 0 Å². The zero-order valence-electron chi connectivity index (χ0n) is 14.0. The minimum absolute atomic E-state index is 0.131. The van der Waals surface area contributed by atoms with E-state index in [9.17, 15) is 16.8 Å². The van der Waals surface area contributed by atoms with Gasteiger partial charge in [0.25, 0.3) is 10.0 Å². The number of nitrogens with zero attached hydrogens (tertiary/aromatic N) is 1. The maximum absolute atomic E-state index is 13.3. The number of aryl methyl sites for hydroxylation is 2. The number of hydrogen-bond donors (Lipinski definition) is 0. The number of sulfonamides is 1. The topological polar surface area (TPSA) is 71.5 Å². The van der Waals surface area contributed by atoms with Crippen LogP contribution in [0.15, 0.2) is 64.9 Å². The van der Waals surface area contributed by atoms with Gasteiger partial charge in [-0.25, -0.2) is 16.8 Å². The first kappa shape index (κ1) is 17.7. The standard InChI is InChI=1S/C18H19NO4S2/c1-14-10-15(2)12-17(11-14)19(16-8-9-24(20,21)13-16)25(22,23)18-6-4-3-5-7-18/h3-12,16H,13H2,1-2H3. The molecule has 0 aromatic heterocycles. The summed E-state index contributed by atoms with van der Waals surface area (Å²) < 4.78 is 51.4. The van der Waals surface area contributed by atoms with Crippen LogP contribution in [0.25, 0.3) is 0 Å². The molecule has 0 bridgehead atoms. The first-order valence-electron chi connectivity index (χ1n) is 7.78. The number of rotatable bonds is 4. The van der Waals surface area contributed by atoms with E-state index < -0.39 is 25.9 Å². The van der Waals surface area contributed by atoms with E-state index in [4.69, 9.17) is 0 Å². The van der Waals surface area contributed by atoms with Crippen molar-refractivity contribution in [3.63, 3.8) is 0 Å². The number of anilines is 1. The third-order valence-corrected chi connectivity index (χ3v) is 7.22. The van der Waals surface area contributed by atoms with Crippen molar-refractivity contribution >= 4 is 25.5 Å². The summed E-state index contributed by atoms with van der Waals surface area (Å²) in [4.78, 5) is 0.131. The van der Waals surface area contributed by atoms with Crippen molar-refractivity contribution in [1.82, 2.24) is 0 Å². The molecule has 0 saturated carbocycles. The molecule has 1 aliphatic rings. The van der Waals surface area contributed by atoms with E-state index >= 15 is 0 Å². The molecule has 5 nitrogen and oxygen atoms in total. The van der Waals surface area contributed by atoms with Crippen LogP contribution in [0.4, 0.5) is 5.69 Å². The average Bonchev–Trinajstić information content (AvgIpc) is 2.86. The molecule has 0 saturated heterocycles. The number of sulfone groups is 1. The second-order valence-electron chi connectivity index (χ2n) is 6.19. The second-order valence-corrected chi connectivity index (χ2v) is 9.93. The zero-order chi connectivity index (χ0) is 18.2. The summed E-state index contributed by atoms with van der Waals surface area (Å²) in [5.74, 6) is -0.258. The van der Waals surface area contributed by atoms with Gasteiger partial charge in [-0.1, -0.05) is 24.3 Å². The maximum Gasteiger partial charge on any atom is 0.264 e. The molecule has 1 atom stereocenters. The van der Waals surface area contributed by atoms with Crippen molar-refractivity contribution in [2.75, 3.05) is 10.1 Å². The van der Waals surface area contributed by atoms with Gasteiger partial charge in [0.15, 0.2) is 9.84 Å². The Balaban J connectivity index is 2.18. The highest BCUT2D eigenvalue weighted by molar-refractivity contribution is 7.95. The van der Waals surface area contributed by atoms with Crippen molar-refractivity contribution in [3.05, 3.63) is 71.1 Å². The molecule has 25 heavy (non-hydrogen) atoms. The maximum atomic E-state index is 13.3. The lowest BCUT2D eigenvalue weighted by molar-refractivity contribution is 0.586. The molecule has 2 aromatic rings. The summed E-state index contributed by atoms with van der Waals surface area (Å²) in [6.45, 7) is 3.76. The van der Waals surface area contributed by atoms with E-state index in [1.165, 1.54) is 22.5 Å². The molecule has 0 radical (unpaired) electrons. The SMILES string of the molecule is Cc1cc(C)cc(N(C2C=CS(=O)(=O)C2)S(=O)(=O)c2ccccc2)c1. The predicted molar refractivity (Wildman–Crippen MR) is 98.7 cm³/mol. The molecule has 0 fully saturated rings. The lowest BCUT2D eigenvalue weighted by Crippen LogP contribution is -2.41. The van der Waals surface area contributed by atoms with Crippen molar-refractivity contribution in [3.8, 4) is 0 Å². The van der Waals surface area contributed by atoms with Crippen LogP contribution < -0.4 is 4.31 Å². The Bertz CT molecular complexity index is 1010. The van der Waals surface area contributed by atoms with E-state index in [0.717, 1.165) is 16.5 Å². The van der Waals surface area contributed by atoms with Crippen molar-refractivity contribution < 1.29 is 16.8 Å². The van der Waals surface area contributed by atoms with Crippen LogP contribution in [0.3, 0.4) is 0 Å². The predicted octanol–water partition coefficient (Wildman–Crippen LogP) is 2.81. The minimum atomic E-state index is -3.90. The van der Waals surface area contributed by atoms with Gasteiger partial charge in [-0.05, 0) is 55.3 Å². The summed E-state index contributed by atoms with van der Waals surface area (Å²) >= 11 is 0. The van der Waals surface area contributed by atoms with E-state index in [1.54, 1.807) is 30.3 Å². The lowest BCUT2D eigenvalue weighted by atomic mass is 10.1. The van der Waals surface area contributed by atoms with Crippen LogP contribution in [-0.4, -0.2) is 28.6 Å². The Labute approximate surface area is 148 Å². The normalized spacial score (nSPS) is 19.0. The molecule has 132 valence electrons. The van der Waals surface area contributed by atoms with Crippen molar-refractivity contribution in [2.45, 2.75) is 24.8 Å². The van der Waals surface area contributed by atoms with Crippen LogP contribution in [0.5, 0.6) is 0 Å². The second kappa shape index (κ2) is 6.31. The van der Waals surface area contributed by atoms with Gasteiger partial charge in [-0.3, -0.25) is 4.31 Å². The summed E-state index contributed by atoms with van der Waals surface area (Å²) in [7, 11) is -7.30. The highest BCUT2D eigenvalue weighted by atomic mass is 32.2. The molecule has 0 N–H and O–H groups in total. The van der Waals surface area contributed by atoms with Crippen LogP contribution in [0.2, 0.25) is 0 Å². The summed E-state index contributed by atoms with van der Waals surface area (Å²) in [5.41, 5.74) is 2.29. The van der Waals surface area contributed by atoms with E-state index in [2.05, 4.69) is 0 Å². The van der Waals surface area contributed by atoms with Crippen LogP contribution >= 0.6 is 0 Å². The monoisotopic (exact) mass is 377 g/mol. The molecular formula is C18H19NO4S2. The Hall–Kier alpha value is -2.12. The van der Waals surface area contributed by atoms with Crippen LogP contribution in [0, 0.1) is 13.8 Å². The average molecular weight is 377 g/mol. The molecule has 0 spiro atoms. The molecule has 2 aromatic carbocycles. The smallest absolute Gasteiger partial charge is 0.258 e. The number of hydrogen-bond acceptors (Lipinski definition) is 4. The Morgan fingerprint density at radius 1 is 1.00 bits per heavy atom. The first-order chi connectivity index (χ1) is 11.7. The van der Waals surface area contributed by atoms with Gasteiger partial charge in [-0.15, -0.1) is 0 Å². The fourth-order valence-electron chi connectivity index (χ4n) is 3.00. The Kier molecular flexibility index (Phi) is 4.47. The Morgan fingerprint density at radius 2 is 1.60 bits per heavy atom. The molecule has 3 rings (SSSR count). The van der Waals surface area contributed by atoms with Gasteiger partial charge in [-0.2, -0.15) is 0 Å². The van der Waals surface area contributed by atoms with Crippen LogP contribution in [-0.2, 0) is 19.9 Å². The molecule has 1 aliphatic heterocycles. The Morgan fingerprint density at radius 3 is 2.12 bits per heavy atom. The third-order valence-electron chi connectivity index (χ3n) is 3.97. The summed E-state index contributed by atoms with van der Waals surface area (Å²) in [5, 5.41) is 1.09. The lowest BCUT2D eigenvalue weighted by Gasteiger charge is -2.29. The van der Waals surface area contributed by atoms with Gasteiger partial charge in [0.05, 0.1) is 22.4 Å². The van der Waals surface area contributed by atoms with Crippen molar-refractivity contribution in [2.24, 2.45) is 0 Å². The fourth-order valence-corrected chi connectivity index (χ4v) is 5.97.